The Bertz CT molecular complexity index is 303. The van der Waals surface area contributed by atoms with Crippen molar-refractivity contribution in [2.75, 3.05) is 19.8 Å². The molecule has 8 nitrogen and oxygen atoms in total. The minimum absolute atomic E-state index is 0.185. The Morgan fingerprint density at radius 3 is 2.72 bits per heavy atom. The van der Waals surface area contributed by atoms with Crippen molar-refractivity contribution in [2.45, 2.75) is 30.7 Å². The second-order valence-corrected chi connectivity index (χ2v) is 5.55. The van der Waals surface area contributed by atoms with Crippen molar-refractivity contribution in [3.8, 4) is 0 Å². The van der Waals surface area contributed by atoms with Crippen LogP contribution in [0.1, 0.15) is 6.42 Å². The zero-order valence-electron chi connectivity index (χ0n) is 10.0. The fourth-order valence-corrected chi connectivity index (χ4v) is 2.61. The highest BCUT2D eigenvalue weighted by Crippen LogP contribution is 2.47. The lowest BCUT2D eigenvalue weighted by Crippen LogP contribution is -2.28. The molecular formula is C8H18BO8P. The van der Waals surface area contributed by atoms with Crippen LogP contribution in [0.3, 0.4) is 0 Å². The van der Waals surface area contributed by atoms with E-state index in [0.717, 1.165) is 0 Å². The number of hydrogen-bond donors (Lipinski definition) is 4. The van der Waals surface area contributed by atoms with Crippen molar-refractivity contribution in [3.63, 3.8) is 0 Å². The van der Waals surface area contributed by atoms with Gasteiger partial charge in [0, 0.05) is 6.00 Å². The van der Waals surface area contributed by atoms with Crippen molar-refractivity contribution < 1.29 is 38.6 Å². The molecule has 0 radical (unpaired) electrons. The van der Waals surface area contributed by atoms with Gasteiger partial charge in [0.15, 0.2) is 0 Å². The number of rotatable bonds is 7. The maximum Gasteiger partial charge on any atom is 0.472 e. The minimum atomic E-state index is -4.35. The number of aliphatic hydroxyl groups is 3. The van der Waals surface area contributed by atoms with Gasteiger partial charge in [0.25, 0.3) is 0 Å². The van der Waals surface area contributed by atoms with Crippen molar-refractivity contribution in [3.05, 3.63) is 0 Å². The van der Waals surface area contributed by atoms with Crippen LogP contribution in [0.2, 0.25) is 0 Å². The molecule has 5 atom stereocenters. The molecule has 1 saturated heterocycles. The molecule has 1 fully saturated rings. The zero-order chi connectivity index (χ0) is 13.8. The van der Waals surface area contributed by atoms with Gasteiger partial charge in [-0.05, 0) is 6.42 Å². The Morgan fingerprint density at radius 1 is 1.50 bits per heavy atom. The van der Waals surface area contributed by atoms with Gasteiger partial charge in [-0.3, -0.25) is 9.05 Å². The summed E-state index contributed by atoms with van der Waals surface area (Å²) in [4.78, 5) is 9.40. The maximum absolute atomic E-state index is 11.5. The monoisotopic (exact) mass is 284 g/mol. The highest BCUT2D eigenvalue weighted by Gasteiger charge is 2.38. The van der Waals surface area contributed by atoms with E-state index in [0.29, 0.717) is 6.42 Å². The van der Waals surface area contributed by atoms with E-state index in [1.165, 1.54) is 0 Å². The molecule has 1 aliphatic rings. The van der Waals surface area contributed by atoms with Crippen molar-refractivity contribution in [1.82, 2.24) is 0 Å². The van der Waals surface area contributed by atoms with Crippen molar-refractivity contribution >= 4 is 15.7 Å². The fraction of sp³-hybridized carbons (Fsp3) is 1.00. The smallest absolute Gasteiger partial charge is 0.394 e. The van der Waals surface area contributed by atoms with E-state index in [1.807, 2.05) is 0 Å². The summed E-state index contributed by atoms with van der Waals surface area (Å²) >= 11 is 0. The van der Waals surface area contributed by atoms with Gasteiger partial charge in [-0.2, -0.15) is 0 Å². The molecule has 0 amide bonds. The van der Waals surface area contributed by atoms with Crippen molar-refractivity contribution in [2.24, 2.45) is 0 Å². The van der Waals surface area contributed by atoms with Gasteiger partial charge in [-0.25, -0.2) is 4.57 Å². The van der Waals surface area contributed by atoms with E-state index in [-0.39, 0.29) is 12.6 Å². The van der Waals surface area contributed by atoms with Gasteiger partial charge < -0.3 is 24.9 Å². The molecule has 106 valence electrons. The normalized spacial score (nSPS) is 33.2. The number of ether oxygens (including phenoxy) is 1. The second kappa shape index (κ2) is 6.97. The molecule has 2 unspecified atom stereocenters. The third kappa shape index (κ3) is 4.95. The first-order chi connectivity index (χ1) is 8.38. The average molecular weight is 284 g/mol. The van der Waals surface area contributed by atoms with Gasteiger partial charge in [0.1, 0.15) is 20.1 Å². The zero-order valence-corrected chi connectivity index (χ0v) is 10.9. The molecule has 1 rings (SSSR count). The number of phosphoric ester groups is 1. The number of phosphoric acid groups is 1. The van der Waals surface area contributed by atoms with Crippen molar-refractivity contribution in [1.29, 1.82) is 0 Å². The lowest BCUT2D eigenvalue weighted by atomic mass is 9.96. The van der Waals surface area contributed by atoms with E-state index in [9.17, 15) is 9.46 Å². The van der Waals surface area contributed by atoms with Gasteiger partial charge in [0.2, 0.25) is 0 Å². The number of hydrogen-bond acceptors (Lipinski definition) is 7. The first-order valence-corrected chi connectivity index (χ1v) is 7.08. The van der Waals surface area contributed by atoms with Crippen LogP contribution in [0.4, 0.5) is 0 Å². The molecule has 10 heteroatoms. The Morgan fingerprint density at radius 2 is 2.17 bits per heavy atom. The summed E-state index contributed by atoms with van der Waals surface area (Å²) in [6, 6.07) is -0.185. The van der Waals surface area contributed by atoms with Crippen LogP contribution >= 0.6 is 7.82 Å². The molecule has 1 heterocycles. The molecule has 0 aromatic carbocycles. The molecule has 0 aliphatic carbocycles. The molecule has 18 heavy (non-hydrogen) atoms. The summed E-state index contributed by atoms with van der Waals surface area (Å²) in [5.74, 6) is 0. The summed E-state index contributed by atoms with van der Waals surface area (Å²) in [7, 11) is -2.59. The van der Waals surface area contributed by atoms with E-state index < -0.39 is 39.3 Å². The van der Waals surface area contributed by atoms with Crippen LogP contribution < -0.4 is 0 Å². The molecule has 0 bridgehead atoms. The Kier molecular flexibility index (Phi) is 6.23. The summed E-state index contributed by atoms with van der Waals surface area (Å²) in [5, 5.41) is 26.5. The quantitative estimate of drug-likeness (QED) is 0.301. The second-order valence-electron chi connectivity index (χ2n) is 4.15. The lowest BCUT2D eigenvalue weighted by Gasteiger charge is -2.20. The standard InChI is InChI=1S/C8H18BO8P/c9-8-1-6(7(3-11)16-8)17-18(13,14)15-4-5(12)2-10/h5-8,10-12H,1-4,9H2,(H,13,14)/t5-,6?,7+,8+/m0/s1. The first kappa shape index (κ1) is 16.1. The summed E-state index contributed by atoms with van der Waals surface area (Å²) in [6.07, 6.45) is -2.30. The van der Waals surface area contributed by atoms with Gasteiger partial charge in [-0.15, -0.1) is 0 Å². The summed E-state index contributed by atoms with van der Waals surface area (Å²) < 4.78 is 26.2. The molecule has 0 aromatic heterocycles. The topological polar surface area (TPSA) is 126 Å². The molecule has 0 spiro atoms. The van der Waals surface area contributed by atoms with Gasteiger partial charge in [-0.1, -0.05) is 0 Å². The van der Waals surface area contributed by atoms with Crippen LogP contribution in [0.5, 0.6) is 0 Å². The number of aliphatic hydroxyl groups excluding tert-OH is 3. The predicted octanol–water partition coefficient (Wildman–Crippen LogP) is -2.42. The Hall–Kier alpha value is 0.0149. The largest absolute Gasteiger partial charge is 0.472 e. The van der Waals surface area contributed by atoms with E-state index in [2.05, 4.69) is 4.52 Å². The highest BCUT2D eigenvalue weighted by atomic mass is 31.2. The fourth-order valence-electron chi connectivity index (χ4n) is 1.63. The molecule has 0 saturated carbocycles. The van der Waals surface area contributed by atoms with Crippen LogP contribution in [0.15, 0.2) is 0 Å². The predicted molar refractivity (Wildman–Crippen MR) is 62.7 cm³/mol. The lowest BCUT2D eigenvalue weighted by molar-refractivity contribution is -0.0141. The third-order valence-corrected chi connectivity index (χ3v) is 3.49. The minimum Gasteiger partial charge on any atom is -0.394 e. The van der Waals surface area contributed by atoms with Gasteiger partial charge in [0.05, 0.1) is 25.9 Å². The third-order valence-electron chi connectivity index (χ3n) is 2.48. The summed E-state index contributed by atoms with van der Waals surface area (Å²) in [5.41, 5.74) is 0. The van der Waals surface area contributed by atoms with Crippen LogP contribution in [0.25, 0.3) is 0 Å². The van der Waals surface area contributed by atoms with E-state index >= 15 is 0 Å². The van der Waals surface area contributed by atoms with Crippen LogP contribution in [-0.2, 0) is 18.3 Å². The van der Waals surface area contributed by atoms with E-state index in [1.54, 1.807) is 7.85 Å². The molecule has 4 N–H and O–H groups in total. The average Bonchev–Trinajstić information content (AvgIpc) is 2.65. The van der Waals surface area contributed by atoms with Gasteiger partial charge >= 0.3 is 7.82 Å². The van der Waals surface area contributed by atoms with E-state index in [4.69, 9.17) is 24.6 Å². The Labute approximate surface area is 106 Å². The highest BCUT2D eigenvalue weighted by molar-refractivity contribution is 7.47. The summed E-state index contributed by atoms with van der Waals surface area (Å²) in [6.45, 7) is -1.42. The first-order valence-electron chi connectivity index (χ1n) is 5.59. The van der Waals surface area contributed by atoms with Crippen LogP contribution in [-0.4, -0.2) is 72.2 Å². The molecule has 1 aliphatic heterocycles. The SMILES string of the molecule is B[C@H]1CC(OP(=O)(O)OC[C@@H](O)CO)[C@@H](CO)O1. The molecular weight excluding hydrogens is 266 g/mol. The van der Waals surface area contributed by atoms with Crippen LogP contribution in [0, 0.1) is 0 Å². The molecule has 0 aromatic rings. The Balaban J connectivity index is 2.46. The maximum atomic E-state index is 11.5.